The van der Waals surface area contributed by atoms with Crippen molar-refractivity contribution >= 4 is 0 Å². The molecule has 1 N–H and O–H groups in total. The highest BCUT2D eigenvalue weighted by atomic mass is 16.4. The normalized spacial score (nSPS) is 12.8. The lowest BCUT2D eigenvalue weighted by Crippen LogP contribution is -2.20. The standard InChI is InChI=1S/C11H18N2O/c1-8(2)5-6-12-10(4)11-13-7-9(3)14-11/h7,10,12H,1,5-6H2,2-4H3. The first-order valence-corrected chi connectivity index (χ1v) is 4.89. The number of rotatable bonds is 5. The average Bonchev–Trinajstić information content (AvgIpc) is 2.51. The van der Waals surface area contributed by atoms with Gasteiger partial charge in [-0.15, -0.1) is 6.58 Å². The van der Waals surface area contributed by atoms with Crippen molar-refractivity contribution in [1.29, 1.82) is 0 Å². The highest BCUT2D eigenvalue weighted by molar-refractivity contribution is 4.95. The minimum atomic E-state index is 0.169. The molecule has 0 spiro atoms. The van der Waals surface area contributed by atoms with Crippen LogP contribution < -0.4 is 5.32 Å². The van der Waals surface area contributed by atoms with Gasteiger partial charge in [0, 0.05) is 0 Å². The molecule has 78 valence electrons. The first-order chi connectivity index (χ1) is 6.59. The molecule has 3 heteroatoms. The number of nitrogens with one attached hydrogen (secondary N) is 1. The molecule has 3 nitrogen and oxygen atoms in total. The minimum Gasteiger partial charge on any atom is -0.444 e. The van der Waals surface area contributed by atoms with Crippen LogP contribution in [0.2, 0.25) is 0 Å². The number of aryl methyl sites for hydroxylation is 1. The Bertz CT molecular complexity index is 304. The predicted octanol–water partition coefficient (Wildman–Crippen LogP) is 2.60. The third-order valence-corrected chi connectivity index (χ3v) is 2.01. The summed E-state index contributed by atoms with van der Waals surface area (Å²) < 4.78 is 5.41. The topological polar surface area (TPSA) is 38.1 Å². The summed E-state index contributed by atoms with van der Waals surface area (Å²) in [7, 11) is 0. The van der Waals surface area contributed by atoms with Crippen LogP contribution in [0.4, 0.5) is 0 Å². The molecule has 1 aromatic rings. The lowest BCUT2D eigenvalue weighted by atomic mass is 10.2. The summed E-state index contributed by atoms with van der Waals surface area (Å²) in [6.07, 6.45) is 2.73. The Labute approximate surface area is 85.2 Å². The van der Waals surface area contributed by atoms with Crippen LogP contribution in [-0.4, -0.2) is 11.5 Å². The minimum absolute atomic E-state index is 0.169. The fourth-order valence-electron chi connectivity index (χ4n) is 1.16. The van der Waals surface area contributed by atoms with Crippen LogP contribution >= 0.6 is 0 Å². The van der Waals surface area contributed by atoms with Crippen molar-refractivity contribution < 1.29 is 4.42 Å². The Balaban J connectivity index is 2.35. The zero-order valence-corrected chi connectivity index (χ0v) is 9.13. The van der Waals surface area contributed by atoms with E-state index in [0.717, 1.165) is 24.6 Å². The third kappa shape index (κ3) is 3.34. The van der Waals surface area contributed by atoms with Gasteiger partial charge in [0.05, 0.1) is 12.2 Å². The molecule has 0 aromatic carbocycles. The average molecular weight is 194 g/mol. The molecule has 0 saturated heterocycles. The first-order valence-electron chi connectivity index (χ1n) is 4.89. The monoisotopic (exact) mass is 194 g/mol. The molecule has 1 aromatic heterocycles. The van der Waals surface area contributed by atoms with Gasteiger partial charge in [0.2, 0.25) is 5.89 Å². The van der Waals surface area contributed by atoms with Gasteiger partial charge in [0.1, 0.15) is 5.76 Å². The summed E-state index contributed by atoms with van der Waals surface area (Å²) in [5.41, 5.74) is 1.19. The van der Waals surface area contributed by atoms with Crippen molar-refractivity contribution in [2.24, 2.45) is 0 Å². The Kier molecular flexibility index (Phi) is 3.89. The quantitative estimate of drug-likeness (QED) is 0.732. The van der Waals surface area contributed by atoms with E-state index in [-0.39, 0.29) is 6.04 Å². The Morgan fingerprint density at radius 3 is 2.93 bits per heavy atom. The fraction of sp³-hybridized carbons (Fsp3) is 0.545. The molecule has 0 aliphatic carbocycles. The summed E-state index contributed by atoms with van der Waals surface area (Å²) in [6.45, 7) is 10.7. The van der Waals surface area contributed by atoms with E-state index >= 15 is 0 Å². The van der Waals surface area contributed by atoms with Crippen LogP contribution in [0, 0.1) is 6.92 Å². The van der Waals surface area contributed by atoms with E-state index in [1.54, 1.807) is 6.20 Å². The molecule has 0 bridgehead atoms. The number of aromatic nitrogens is 1. The van der Waals surface area contributed by atoms with Crippen molar-refractivity contribution in [3.8, 4) is 0 Å². The maximum Gasteiger partial charge on any atom is 0.211 e. The van der Waals surface area contributed by atoms with Gasteiger partial charge in [0.15, 0.2) is 0 Å². The molecule has 0 radical (unpaired) electrons. The maximum atomic E-state index is 5.41. The number of hydrogen-bond acceptors (Lipinski definition) is 3. The molecule has 1 atom stereocenters. The smallest absolute Gasteiger partial charge is 0.211 e. The zero-order chi connectivity index (χ0) is 10.6. The van der Waals surface area contributed by atoms with Crippen molar-refractivity contribution in [2.75, 3.05) is 6.54 Å². The maximum absolute atomic E-state index is 5.41. The van der Waals surface area contributed by atoms with Gasteiger partial charge in [-0.1, -0.05) is 5.57 Å². The van der Waals surface area contributed by atoms with Gasteiger partial charge in [-0.3, -0.25) is 0 Å². The molecule has 1 heterocycles. The second kappa shape index (κ2) is 4.96. The summed E-state index contributed by atoms with van der Waals surface area (Å²) in [5.74, 6) is 1.61. The molecule has 0 aliphatic heterocycles. The predicted molar refractivity (Wildman–Crippen MR) is 57.1 cm³/mol. The molecule has 14 heavy (non-hydrogen) atoms. The van der Waals surface area contributed by atoms with Gasteiger partial charge in [-0.2, -0.15) is 0 Å². The molecular formula is C11H18N2O. The molecule has 0 amide bonds. The molecule has 1 unspecified atom stereocenters. The Morgan fingerprint density at radius 2 is 2.43 bits per heavy atom. The van der Waals surface area contributed by atoms with E-state index < -0.39 is 0 Å². The van der Waals surface area contributed by atoms with Gasteiger partial charge in [-0.25, -0.2) is 4.98 Å². The van der Waals surface area contributed by atoms with Gasteiger partial charge in [0.25, 0.3) is 0 Å². The van der Waals surface area contributed by atoms with Crippen molar-refractivity contribution in [1.82, 2.24) is 10.3 Å². The Morgan fingerprint density at radius 1 is 1.71 bits per heavy atom. The highest BCUT2D eigenvalue weighted by Gasteiger charge is 2.09. The summed E-state index contributed by atoms with van der Waals surface area (Å²) in [6, 6.07) is 0.169. The van der Waals surface area contributed by atoms with E-state index in [0.29, 0.717) is 0 Å². The van der Waals surface area contributed by atoms with Crippen LogP contribution in [-0.2, 0) is 0 Å². The second-order valence-electron chi connectivity index (χ2n) is 3.69. The number of hydrogen-bond donors (Lipinski definition) is 1. The lowest BCUT2D eigenvalue weighted by Gasteiger charge is -2.09. The molecule has 0 saturated carbocycles. The van der Waals surface area contributed by atoms with E-state index in [4.69, 9.17) is 4.42 Å². The molecule has 1 rings (SSSR count). The zero-order valence-electron chi connectivity index (χ0n) is 9.13. The number of oxazole rings is 1. The van der Waals surface area contributed by atoms with Gasteiger partial charge < -0.3 is 9.73 Å². The van der Waals surface area contributed by atoms with Crippen molar-refractivity contribution in [3.63, 3.8) is 0 Å². The van der Waals surface area contributed by atoms with E-state index in [1.165, 1.54) is 5.57 Å². The van der Waals surface area contributed by atoms with E-state index in [9.17, 15) is 0 Å². The van der Waals surface area contributed by atoms with Crippen molar-refractivity contribution in [2.45, 2.75) is 33.2 Å². The summed E-state index contributed by atoms with van der Waals surface area (Å²) in [5, 5.41) is 3.33. The van der Waals surface area contributed by atoms with Gasteiger partial charge in [-0.05, 0) is 33.7 Å². The second-order valence-corrected chi connectivity index (χ2v) is 3.69. The first kappa shape index (κ1) is 11.0. The summed E-state index contributed by atoms with van der Waals surface area (Å²) >= 11 is 0. The Hall–Kier alpha value is -1.09. The molecule has 0 aliphatic rings. The SMILES string of the molecule is C=C(C)CCNC(C)c1ncc(C)o1. The fourth-order valence-corrected chi connectivity index (χ4v) is 1.16. The van der Waals surface area contributed by atoms with Crippen LogP contribution in [0.25, 0.3) is 0 Å². The van der Waals surface area contributed by atoms with Crippen LogP contribution in [0.5, 0.6) is 0 Å². The number of nitrogens with zero attached hydrogens (tertiary/aromatic N) is 1. The van der Waals surface area contributed by atoms with Crippen molar-refractivity contribution in [3.05, 3.63) is 30.0 Å². The highest BCUT2D eigenvalue weighted by Crippen LogP contribution is 2.11. The summed E-state index contributed by atoms with van der Waals surface area (Å²) in [4.78, 5) is 4.16. The molecule has 0 fully saturated rings. The largest absolute Gasteiger partial charge is 0.444 e. The van der Waals surface area contributed by atoms with Crippen LogP contribution in [0.3, 0.4) is 0 Å². The third-order valence-electron chi connectivity index (χ3n) is 2.01. The van der Waals surface area contributed by atoms with Gasteiger partial charge >= 0.3 is 0 Å². The van der Waals surface area contributed by atoms with E-state index in [1.807, 2.05) is 20.8 Å². The van der Waals surface area contributed by atoms with Crippen LogP contribution in [0.1, 0.15) is 38.0 Å². The molecular weight excluding hydrogens is 176 g/mol. The van der Waals surface area contributed by atoms with E-state index in [2.05, 4.69) is 16.9 Å². The lowest BCUT2D eigenvalue weighted by molar-refractivity contribution is 0.404. The van der Waals surface area contributed by atoms with Crippen LogP contribution in [0.15, 0.2) is 22.8 Å².